The first-order valence-corrected chi connectivity index (χ1v) is 4.61. The van der Waals surface area contributed by atoms with Crippen LogP contribution in [0.4, 0.5) is 4.39 Å². The minimum atomic E-state index is -0.751. The molecule has 1 aromatic heterocycles. The third-order valence-electron chi connectivity index (χ3n) is 2.19. The van der Waals surface area contributed by atoms with Gasteiger partial charge in [-0.1, -0.05) is 18.2 Å². The van der Waals surface area contributed by atoms with E-state index in [1.54, 1.807) is 36.7 Å². The van der Waals surface area contributed by atoms with Crippen LogP contribution >= 0.6 is 0 Å². The SMILES string of the molecule is OC(c1ccc(F)cc1)c1cccnc1. The molecule has 0 saturated carbocycles. The van der Waals surface area contributed by atoms with Crippen molar-refractivity contribution in [2.75, 3.05) is 0 Å². The van der Waals surface area contributed by atoms with Crippen LogP contribution in [0, 0.1) is 5.82 Å². The van der Waals surface area contributed by atoms with Gasteiger partial charge in [-0.2, -0.15) is 0 Å². The van der Waals surface area contributed by atoms with Crippen LogP contribution in [-0.4, -0.2) is 10.1 Å². The van der Waals surface area contributed by atoms with Crippen LogP contribution in [0.2, 0.25) is 0 Å². The van der Waals surface area contributed by atoms with Crippen LogP contribution in [0.1, 0.15) is 17.2 Å². The van der Waals surface area contributed by atoms with E-state index in [-0.39, 0.29) is 5.82 Å². The Morgan fingerprint density at radius 2 is 1.80 bits per heavy atom. The summed E-state index contributed by atoms with van der Waals surface area (Å²) in [5, 5.41) is 9.92. The number of hydrogen-bond donors (Lipinski definition) is 1. The fourth-order valence-corrected chi connectivity index (χ4v) is 1.38. The summed E-state index contributed by atoms with van der Waals surface area (Å²) in [7, 11) is 0. The van der Waals surface area contributed by atoms with Gasteiger partial charge in [0.25, 0.3) is 0 Å². The summed E-state index contributed by atoms with van der Waals surface area (Å²) in [5.74, 6) is -0.308. The number of hydrogen-bond acceptors (Lipinski definition) is 2. The van der Waals surface area contributed by atoms with Crippen molar-refractivity contribution in [1.29, 1.82) is 0 Å². The van der Waals surface area contributed by atoms with Gasteiger partial charge >= 0.3 is 0 Å². The number of pyridine rings is 1. The molecule has 2 rings (SSSR count). The minimum absolute atomic E-state index is 0.308. The molecule has 15 heavy (non-hydrogen) atoms. The number of benzene rings is 1. The van der Waals surface area contributed by atoms with E-state index in [1.807, 2.05) is 0 Å². The Kier molecular flexibility index (Phi) is 2.74. The highest BCUT2D eigenvalue weighted by Crippen LogP contribution is 2.20. The molecule has 1 heterocycles. The van der Waals surface area contributed by atoms with Gasteiger partial charge in [0.1, 0.15) is 11.9 Å². The van der Waals surface area contributed by atoms with Gasteiger partial charge in [-0.3, -0.25) is 4.98 Å². The number of halogens is 1. The molecule has 0 aliphatic heterocycles. The third-order valence-corrected chi connectivity index (χ3v) is 2.19. The highest BCUT2D eigenvalue weighted by Gasteiger charge is 2.09. The first-order valence-electron chi connectivity index (χ1n) is 4.61. The molecule has 0 radical (unpaired) electrons. The lowest BCUT2D eigenvalue weighted by atomic mass is 10.0. The second-order valence-corrected chi connectivity index (χ2v) is 3.24. The van der Waals surface area contributed by atoms with Gasteiger partial charge in [-0.25, -0.2) is 4.39 Å². The maximum Gasteiger partial charge on any atom is 0.123 e. The second kappa shape index (κ2) is 4.19. The molecular formula is C12H10FNO. The Labute approximate surface area is 87.0 Å². The number of aliphatic hydroxyl groups excluding tert-OH is 1. The molecule has 1 N–H and O–H groups in total. The van der Waals surface area contributed by atoms with Gasteiger partial charge in [0.05, 0.1) is 0 Å². The van der Waals surface area contributed by atoms with Crippen LogP contribution < -0.4 is 0 Å². The van der Waals surface area contributed by atoms with E-state index in [0.29, 0.717) is 11.1 Å². The van der Waals surface area contributed by atoms with Gasteiger partial charge in [0.2, 0.25) is 0 Å². The molecule has 3 heteroatoms. The van der Waals surface area contributed by atoms with Crippen molar-refractivity contribution in [2.45, 2.75) is 6.10 Å². The highest BCUT2D eigenvalue weighted by atomic mass is 19.1. The van der Waals surface area contributed by atoms with Crippen LogP contribution in [0.3, 0.4) is 0 Å². The summed E-state index contributed by atoms with van der Waals surface area (Å²) < 4.78 is 12.7. The summed E-state index contributed by atoms with van der Waals surface area (Å²) in [5.41, 5.74) is 1.36. The maximum absolute atomic E-state index is 12.7. The maximum atomic E-state index is 12.7. The first-order chi connectivity index (χ1) is 7.27. The van der Waals surface area contributed by atoms with Gasteiger partial charge in [0.15, 0.2) is 0 Å². The van der Waals surface area contributed by atoms with Gasteiger partial charge in [-0.15, -0.1) is 0 Å². The quantitative estimate of drug-likeness (QED) is 0.812. The first kappa shape index (κ1) is 9.80. The molecule has 0 spiro atoms. The normalized spacial score (nSPS) is 12.4. The predicted molar refractivity (Wildman–Crippen MR) is 54.7 cm³/mol. The van der Waals surface area contributed by atoms with E-state index in [2.05, 4.69) is 4.98 Å². The van der Waals surface area contributed by atoms with Crippen molar-refractivity contribution in [3.63, 3.8) is 0 Å². The number of rotatable bonds is 2. The smallest absolute Gasteiger partial charge is 0.123 e. The monoisotopic (exact) mass is 203 g/mol. The highest BCUT2D eigenvalue weighted by molar-refractivity contribution is 5.27. The summed E-state index contributed by atoms with van der Waals surface area (Å²) in [6.45, 7) is 0. The Morgan fingerprint density at radius 1 is 1.07 bits per heavy atom. The zero-order valence-corrected chi connectivity index (χ0v) is 7.97. The molecule has 76 valence electrons. The van der Waals surface area contributed by atoms with Crippen LogP contribution in [0.15, 0.2) is 48.8 Å². The zero-order chi connectivity index (χ0) is 10.7. The Bertz CT molecular complexity index is 427. The summed E-state index contributed by atoms with van der Waals surface area (Å²) in [6.07, 6.45) is 2.48. The van der Waals surface area contributed by atoms with Crippen molar-refractivity contribution < 1.29 is 9.50 Å². The summed E-state index contributed by atoms with van der Waals surface area (Å²) in [4.78, 5) is 3.91. The van der Waals surface area contributed by atoms with Crippen LogP contribution in [0.5, 0.6) is 0 Å². The fourth-order valence-electron chi connectivity index (χ4n) is 1.38. The number of aliphatic hydroxyl groups is 1. The van der Waals surface area contributed by atoms with E-state index < -0.39 is 6.10 Å². The van der Waals surface area contributed by atoms with E-state index in [0.717, 1.165) is 0 Å². The lowest BCUT2D eigenvalue weighted by molar-refractivity contribution is 0.220. The average molecular weight is 203 g/mol. The second-order valence-electron chi connectivity index (χ2n) is 3.24. The average Bonchev–Trinajstić information content (AvgIpc) is 2.30. The van der Waals surface area contributed by atoms with Crippen molar-refractivity contribution in [3.05, 3.63) is 65.7 Å². The Balaban J connectivity index is 2.29. The van der Waals surface area contributed by atoms with Crippen molar-refractivity contribution >= 4 is 0 Å². The van der Waals surface area contributed by atoms with E-state index >= 15 is 0 Å². The lowest BCUT2D eigenvalue weighted by Crippen LogP contribution is -1.99. The molecule has 0 saturated heterocycles. The molecule has 2 aromatic rings. The van der Waals surface area contributed by atoms with Crippen molar-refractivity contribution in [1.82, 2.24) is 4.98 Å². The van der Waals surface area contributed by atoms with Crippen LogP contribution in [-0.2, 0) is 0 Å². The van der Waals surface area contributed by atoms with E-state index in [1.165, 1.54) is 12.1 Å². The number of aromatic nitrogens is 1. The third kappa shape index (κ3) is 2.19. The van der Waals surface area contributed by atoms with E-state index in [4.69, 9.17) is 0 Å². The topological polar surface area (TPSA) is 33.1 Å². The van der Waals surface area contributed by atoms with Gasteiger partial charge in [-0.05, 0) is 23.8 Å². The molecule has 1 atom stereocenters. The molecule has 0 fully saturated rings. The number of nitrogens with zero attached hydrogens (tertiary/aromatic N) is 1. The minimum Gasteiger partial charge on any atom is -0.384 e. The summed E-state index contributed by atoms with van der Waals surface area (Å²) >= 11 is 0. The molecule has 0 amide bonds. The van der Waals surface area contributed by atoms with Crippen LogP contribution in [0.25, 0.3) is 0 Å². The Morgan fingerprint density at radius 3 is 2.40 bits per heavy atom. The molecule has 1 unspecified atom stereocenters. The summed E-state index contributed by atoms with van der Waals surface area (Å²) in [6, 6.07) is 9.31. The predicted octanol–water partition coefficient (Wildman–Crippen LogP) is 2.30. The van der Waals surface area contributed by atoms with Gasteiger partial charge in [0, 0.05) is 18.0 Å². The molecule has 0 aliphatic carbocycles. The fraction of sp³-hybridized carbons (Fsp3) is 0.0833. The van der Waals surface area contributed by atoms with Crippen molar-refractivity contribution in [3.8, 4) is 0 Å². The van der Waals surface area contributed by atoms with Gasteiger partial charge < -0.3 is 5.11 Å². The largest absolute Gasteiger partial charge is 0.384 e. The molecular weight excluding hydrogens is 193 g/mol. The van der Waals surface area contributed by atoms with E-state index in [9.17, 15) is 9.50 Å². The lowest BCUT2D eigenvalue weighted by Gasteiger charge is -2.10. The molecule has 1 aromatic carbocycles. The molecule has 0 aliphatic rings. The molecule has 0 bridgehead atoms. The molecule has 2 nitrogen and oxygen atoms in total. The Hall–Kier alpha value is -1.74. The zero-order valence-electron chi connectivity index (χ0n) is 7.97. The van der Waals surface area contributed by atoms with Crippen molar-refractivity contribution in [2.24, 2.45) is 0 Å². The standard InChI is InChI=1S/C12H10FNO/c13-11-5-3-9(4-6-11)12(15)10-2-1-7-14-8-10/h1-8,12,15H.